The molecule has 0 fully saturated rings. The van der Waals surface area contributed by atoms with Crippen molar-refractivity contribution in [3.8, 4) is 12.3 Å². The summed E-state index contributed by atoms with van der Waals surface area (Å²) < 4.78 is 0. The molecule has 1 aliphatic heterocycles. The van der Waals surface area contributed by atoms with E-state index in [0.29, 0.717) is 16.8 Å². The normalized spacial score (nSPS) is 18.4. The minimum atomic E-state index is -1.91. The minimum absolute atomic E-state index is 0.0440. The molecule has 132 valence electrons. The van der Waals surface area contributed by atoms with Crippen molar-refractivity contribution >= 4 is 28.2 Å². The second-order valence-corrected chi connectivity index (χ2v) is 6.63. The van der Waals surface area contributed by atoms with Gasteiger partial charge >= 0.3 is 0 Å². The van der Waals surface area contributed by atoms with Gasteiger partial charge in [-0.05, 0) is 22.9 Å². The highest BCUT2D eigenvalue weighted by atomic mass is 16.3. The largest absolute Gasteiger partial charge is 0.375 e. The third kappa shape index (κ3) is 2.69. The summed E-state index contributed by atoms with van der Waals surface area (Å²) >= 11 is 0. The summed E-state index contributed by atoms with van der Waals surface area (Å²) in [5.74, 6) is 1.58. The number of fused-ring (bicyclic) bond motifs is 2. The number of anilines is 1. The predicted molar refractivity (Wildman–Crippen MR) is 104 cm³/mol. The van der Waals surface area contributed by atoms with Gasteiger partial charge in [0.1, 0.15) is 0 Å². The molecule has 27 heavy (non-hydrogen) atoms. The van der Waals surface area contributed by atoms with Crippen LogP contribution in [0.1, 0.15) is 22.3 Å². The molecule has 1 atom stereocenters. The molecule has 3 aromatic carbocycles. The van der Waals surface area contributed by atoms with Crippen LogP contribution in [0.2, 0.25) is 0 Å². The molecule has 1 amide bonds. The van der Waals surface area contributed by atoms with Crippen LogP contribution >= 0.6 is 0 Å². The van der Waals surface area contributed by atoms with Crippen LogP contribution < -0.4 is 4.90 Å². The van der Waals surface area contributed by atoms with Crippen molar-refractivity contribution in [1.29, 1.82) is 0 Å². The predicted octanol–water partition coefficient (Wildman–Crippen LogP) is 3.28. The van der Waals surface area contributed by atoms with E-state index in [1.165, 1.54) is 4.90 Å². The van der Waals surface area contributed by atoms with Crippen LogP contribution in [0.3, 0.4) is 0 Å². The van der Waals surface area contributed by atoms with Gasteiger partial charge in [-0.2, -0.15) is 0 Å². The number of ketones is 1. The van der Waals surface area contributed by atoms with Crippen LogP contribution in [0.5, 0.6) is 0 Å². The second kappa shape index (κ2) is 6.39. The lowest BCUT2D eigenvalue weighted by atomic mass is 9.88. The summed E-state index contributed by atoms with van der Waals surface area (Å²) in [7, 11) is 0. The van der Waals surface area contributed by atoms with Crippen LogP contribution in [0.15, 0.2) is 66.7 Å². The van der Waals surface area contributed by atoms with Crippen molar-refractivity contribution in [1.82, 2.24) is 0 Å². The first-order chi connectivity index (χ1) is 13.0. The Kier molecular flexibility index (Phi) is 4.02. The minimum Gasteiger partial charge on any atom is -0.375 e. The number of benzene rings is 3. The molecular formula is C23H17NO3. The summed E-state index contributed by atoms with van der Waals surface area (Å²) in [6, 6.07) is 20.0. The zero-order chi connectivity index (χ0) is 19.0. The Morgan fingerprint density at radius 2 is 1.74 bits per heavy atom. The molecule has 0 saturated heterocycles. The Bertz CT molecular complexity index is 1110. The van der Waals surface area contributed by atoms with E-state index in [2.05, 4.69) is 5.92 Å². The van der Waals surface area contributed by atoms with Crippen molar-refractivity contribution in [2.24, 2.45) is 0 Å². The molecule has 1 N–H and O–H groups in total. The third-order valence-electron chi connectivity index (χ3n) is 4.98. The molecule has 0 saturated carbocycles. The number of amides is 1. The van der Waals surface area contributed by atoms with E-state index in [4.69, 9.17) is 6.42 Å². The van der Waals surface area contributed by atoms with Gasteiger partial charge < -0.3 is 5.11 Å². The maximum Gasteiger partial charge on any atom is 0.265 e. The smallest absolute Gasteiger partial charge is 0.265 e. The quantitative estimate of drug-likeness (QED) is 0.577. The maximum absolute atomic E-state index is 12.9. The Morgan fingerprint density at radius 1 is 1.04 bits per heavy atom. The average Bonchev–Trinajstić information content (AvgIpc) is 2.90. The van der Waals surface area contributed by atoms with Crippen molar-refractivity contribution in [2.75, 3.05) is 11.4 Å². The Hall–Kier alpha value is -3.42. The molecule has 4 nitrogen and oxygen atoms in total. The number of rotatable bonds is 4. The van der Waals surface area contributed by atoms with Gasteiger partial charge in [-0.3, -0.25) is 14.5 Å². The number of nitrogens with zero attached hydrogens (tertiary/aromatic N) is 1. The SMILES string of the molecule is C#CCN1C(=O)[C@@](O)(CC(=O)c2ccc3ccccc3c2)c2ccccc21. The van der Waals surface area contributed by atoms with Gasteiger partial charge in [0, 0.05) is 11.1 Å². The summed E-state index contributed by atoms with van der Waals surface area (Å²) in [6.07, 6.45) is 5.04. The molecular weight excluding hydrogens is 338 g/mol. The van der Waals surface area contributed by atoms with Crippen LogP contribution in [0.25, 0.3) is 10.8 Å². The monoisotopic (exact) mass is 355 g/mol. The molecule has 4 heteroatoms. The molecule has 1 heterocycles. The van der Waals surface area contributed by atoms with Gasteiger partial charge in [-0.25, -0.2) is 0 Å². The first-order valence-corrected chi connectivity index (χ1v) is 8.64. The van der Waals surface area contributed by atoms with Crippen molar-refractivity contribution in [3.05, 3.63) is 77.9 Å². The lowest BCUT2D eigenvalue weighted by Gasteiger charge is -2.22. The lowest BCUT2D eigenvalue weighted by molar-refractivity contribution is -0.135. The van der Waals surface area contributed by atoms with E-state index in [9.17, 15) is 14.7 Å². The van der Waals surface area contributed by atoms with Gasteiger partial charge in [0.15, 0.2) is 11.4 Å². The molecule has 1 aliphatic rings. The molecule has 0 aliphatic carbocycles. The van der Waals surface area contributed by atoms with Gasteiger partial charge in [0.05, 0.1) is 18.7 Å². The highest BCUT2D eigenvalue weighted by Gasteiger charge is 2.50. The van der Waals surface area contributed by atoms with Crippen LogP contribution in [0, 0.1) is 12.3 Å². The van der Waals surface area contributed by atoms with Gasteiger partial charge in [0.25, 0.3) is 5.91 Å². The number of hydrogen-bond donors (Lipinski definition) is 1. The Morgan fingerprint density at radius 3 is 2.52 bits per heavy atom. The average molecular weight is 355 g/mol. The zero-order valence-electron chi connectivity index (χ0n) is 14.6. The van der Waals surface area contributed by atoms with E-state index in [0.717, 1.165) is 10.8 Å². The first kappa shape index (κ1) is 17.0. The molecule has 0 bridgehead atoms. The Labute approximate surface area is 157 Å². The van der Waals surface area contributed by atoms with E-state index < -0.39 is 11.5 Å². The number of para-hydroxylation sites is 1. The highest BCUT2D eigenvalue weighted by molar-refractivity contribution is 6.11. The second-order valence-electron chi connectivity index (χ2n) is 6.63. The molecule has 3 aromatic rings. The summed E-state index contributed by atoms with van der Waals surface area (Å²) in [5, 5.41) is 13.1. The maximum atomic E-state index is 12.9. The van der Waals surface area contributed by atoms with E-state index in [1.807, 2.05) is 30.3 Å². The molecule has 0 radical (unpaired) electrons. The van der Waals surface area contributed by atoms with Crippen molar-refractivity contribution in [3.63, 3.8) is 0 Å². The van der Waals surface area contributed by atoms with Crippen LogP contribution in [-0.2, 0) is 10.4 Å². The van der Waals surface area contributed by atoms with Crippen LogP contribution in [0.4, 0.5) is 5.69 Å². The number of aliphatic hydroxyl groups is 1. The van der Waals surface area contributed by atoms with E-state index in [1.54, 1.807) is 36.4 Å². The molecule has 0 spiro atoms. The standard InChI is InChI=1S/C23H17NO3/c1-2-13-24-20-10-6-5-9-19(20)23(27,22(24)26)15-21(25)18-12-11-16-7-3-4-8-17(16)14-18/h1,3-12,14,27H,13,15H2/t23-/m1/s1. The van der Waals surface area contributed by atoms with Crippen LogP contribution in [-0.4, -0.2) is 23.3 Å². The van der Waals surface area contributed by atoms with Gasteiger partial charge in [0.2, 0.25) is 0 Å². The topological polar surface area (TPSA) is 57.6 Å². The first-order valence-electron chi connectivity index (χ1n) is 8.64. The fraction of sp³-hybridized carbons (Fsp3) is 0.130. The summed E-state index contributed by atoms with van der Waals surface area (Å²) in [5.41, 5.74) is -0.479. The summed E-state index contributed by atoms with van der Waals surface area (Å²) in [6.45, 7) is 0.0440. The molecule has 0 unspecified atom stereocenters. The third-order valence-corrected chi connectivity index (χ3v) is 4.98. The lowest BCUT2D eigenvalue weighted by Crippen LogP contribution is -2.42. The summed E-state index contributed by atoms with van der Waals surface area (Å²) in [4.78, 5) is 27.1. The molecule has 4 rings (SSSR count). The molecule has 0 aromatic heterocycles. The Balaban J connectivity index is 1.71. The fourth-order valence-corrected chi connectivity index (χ4v) is 3.62. The number of carbonyl (C=O) groups excluding carboxylic acids is 2. The highest BCUT2D eigenvalue weighted by Crippen LogP contribution is 2.42. The fourth-order valence-electron chi connectivity index (χ4n) is 3.62. The number of terminal acetylenes is 1. The van der Waals surface area contributed by atoms with Crippen molar-refractivity contribution < 1.29 is 14.7 Å². The van der Waals surface area contributed by atoms with E-state index >= 15 is 0 Å². The van der Waals surface area contributed by atoms with Gasteiger partial charge in [-0.1, -0.05) is 60.5 Å². The van der Waals surface area contributed by atoms with E-state index in [-0.39, 0.29) is 18.7 Å². The zero-order valence-corrected chi connectivity index (χ0v) is 14.6. The van der Waals surface area contributed by atoms with Gasteiger partial charge in [-0.15, -0.1) is 6.42 Å². The number of Topliss-reactive ketones (excluding diaryl/α,β-unsaturated/α-hetero) is 1. The number of hydrogen-bond acceptors (Lipinski definition) is 3. The van der Waals surface area contributed by atoms with Crippen molar-refractivity contribution in [2.45, 2.75) is 12.0 Å². The number of carbonyl (C=O) groups is 2.